The normalized spacial score (nSPS) is 13.1. The Hall–Kier alpha value is -0.780. The van der Waals surface area contributed by atoms with Gasteiger partial charge in [-0.15, -0.1) is 12.4 Å². The topological polar surface area (TPSA) is 64.4 Å². The first-order valence-corrected chi connectivity index (χ1v) is 6.71. The van der Waals surface area contributed by atoms with Gasteiger partial charge in [-0.05, 0) is 31.2 Å². The van der Waals surface area contributed by atoms with Crippen LogP contribution in [0.2, 0.25) is 0 Å². The fourth-order valence-electron chi connectivity index (χ4n) is 1.27. The molecule has 4 nitrogen and oxygen atoms in total. The Kier molecular flexibility index (Phi) is 8.80. The number of halogens is 2. The van der Waals surface area contributed by atoms with E-state index in [1.807, 2.05) is 38.1 Å². The van der Waals surface area contributed by atoms with Crippen molar-refractivity contribution in [2.45, 2.75) is 19.9 Å². The Morgan fingerprint density at radius 3 is 2.47 bits per heavy atom. The molecule has 0 radical (unpaired) electrons. The highest BCUT2D eigenvalue weighted by Crippen LogP contribution is 2.15. The second kappa shape index (κ2) is 9.18. The zero-order chi connectivity index (χ0) is 13.5. The van der Waals surface area contributed by atoms with Gasteiger partial charge in [0.05, 0.1) is 6.54 Å². The van der Waals surface area contributed by atoms with E-state index in [9.17, 15) is 4.79 Å². The van der Waals surface area contributed by atoms with Crippen molar-refractivity contribution in [3.8, 4) is 5.75 Å². The fourth-order valence-corrected chi connectivity index (χ4v) is 1.54. The van der Waals surface area contributed by atoms with E-state index in [-0.39, 0.29) is 30.3 Å². The van der Waals surface area contributed by atoms with Gasteiger partial charge in [-0.3, -0.25) is 4.79 Å². The van der Waals surface area contributed by atoms with Crippen LogP contribution in [0, 0.1) is 5.92 Å². The first kappa shape index (κ1) is 18.2. The smallest absolute Gasteiger partial charge is 0.224 e. The highest BCUT2D eigenvalue weighted by molar-refractivity contribution is 9.10. The molecule has 0 saturated heterocycles. The Balaban J connectivity index is 0.00000324. The van der Waals surface area contributed by atoms with E-state index in [0.29, 0.717) is 13.2 Å². The van der Waals surface area contributed by atoms with Crippen LogP contribution in [-0.2, 0) is 4.79 Å². The number of nitrogens with two attached hydrogens (primary N) is 1. The average Bonchev–Trinajstić information content (AvgIpc) is 2.35. The van der Waals surface area contributed by atoms with Crippen LogP contribution in [-0.4, -0.2) is 25.1 Å². The lowest BCUT2D eigenvalue weighted by atomic mass is 10.0. The number of benzene rings is 1. The van der Waals surface area contributed by atoms with Gasteiger partial charge in [0.1, 0.15) is 12.4 Å². The van der Waals surface area contributed by atoms with E-state index < -0.39 is 0 Å². The minimum atomic E-state index is -0.183. The van der Waals surface area contributed by atoms with E-state index in [1.54, 1.807) is 0 Å². The van der Waals surface area contributed by atoms with Gasteiger partial charge in [0.2, 0.25) is 5.91 Å². The summed E-state index contributed by atoms with van der Waals surface area (Å²) < 4.78 is 6.49. The molecule has 0 aromatic heterocycles. The summed E-state index contributed by atoms with van der Waals surface area (Å²) in [5, 5.41) is 2.79. The van der Waals surface area contributed by atoms with Gasteiger partial charge >= 0.3 is 0 Å². The van der Waals surface area contributed by atoms with E-state index in [1.165, 1.54) is 0 Å². The number of rotatable bonds is 6. The summed E-state index contributed by atoms with van der Waals surface area (Å²) in [7, 11) is 0. The molecule has 0 aliphatic rings. The monoisotopic (exact) mass is 350 g/mol. The summed E-state index contributed by atoms with van der Waals surface area (Å²) in [5.41, 5.74) is 5.65. The molecule has 0 bridgehead atoms. The van der Waals surface area contributed by atoms with Crippen LogP contribution in [0.3, 0.4) is 0 Å². The third-order valence-corrected chi connectivity index (χ3v) is 3.21. The molecule has 6 heteroatoms. The summed E-state index contributed by atoms with van der Waals surface area (Å²) in [6.07, 6.45) is 0. The molecule has 3 N–H and O–H groups in total. The van der Waals surface area contributed by atoms with Gasteiger partial charge in [-0.1, -0.05) is 22.9 Å². The third kappa shape index (κ3) is 6.80. The van der Waals surface area contributed by atoms with Gasteiger partial charge in [0.25, 0.3) is 0 Å². The molecule has 1 rings (SSSR count). The molecule has 1 aromatic carbocycles. The molecule has 1 aromatic rings. The highest BCUT2D eigenvalue weighted by Gasteiger charge is 2.15. The van der Waals surface area contributed by atoms with Crippen LogP contribution in [0.5, 0.6) is 5.75 Å². The molecule has 0 saturated carbocycles. The van der Waals surface area contributed by atoms with Crippen LogP contribution >= 0.6 is 28.3 Å². The number of hydrogen-bond donors (Lipinski definition) is 2. The minimum Gasteiger partial charge on any atom is -0.492 e. The highest BCUT2D eigenvalue weighted by atomic mass is 79.9. The van der Waals surface area contributed by atoms with Crippen molar-refractivity contribution in [2.24, 2.45) is 11.7 Å². The zero-order valence-electron chi connectivity index (χ0n) is 11.1. The standard InChI is InChI=1S/C13H19BrN2O2.ClH/c1-9(10(2)15)13(17)16-7-8-18-12-5-3-11(14)4-6-12;/h3-6,9-10H,7-8,15H2,1-2H3,(H,16,17);1H. The third-order valence-electron chi connectivity index (χ3n) is 2.69. The molecule has 0 aliphatic carbocycles. The number of ether oxygens (including phenoxy) is 1. The molecule has 1 amide bonds. The van der Waals surface area contributed by atoms with E-state index in [4.69, 9.17) is 10.5 Å². The molecule has 0 fully saturated rings. The van der Waals surface area contributed by atoms with E-state index in [0.717, 1.165) is 10.2 Å². The zero-order valence-corrected chi connectivity index (χ0v) is 13.5. The summed E-state index contributed by atoms with van der Waals surface area (Å²) in [6.45, 7) is 4.56. The van der Waals surface area contributed by atoms with Gasteiger partial charge < -0.3 is 15.8 Å². The first-order chi connectivity index (χ1) is 8.50. The van der Waals surface area contributed by atoms with Crippen LogP contribution < -0.4 is 15.8 Å². The van der Waals surface area contributed by atoms with Crippen LogP contribution in [0.25, 0.3) is 0 Å². The minimum absolute atomic E-state index is 0. The summed E-state index contributed by atoms with van der Waals surface area (Å²) in [6, 6.07) is 7.42. The number of nitrogens with one attached hydrogen (secondary N) is 1. The number of amides is 1. The maximum absolute atomic E-state index is 11.6. The van der Waals surface area contributed by atoms with Crippen LogP contribution in [0.4, 0.5) is 0 Å². The van der Waals surface area contributed by atoms with Crippen molar-refractivity contribution in [1.29, 1.82) is 0 Å². The number of hydrogen-bond acceptors (Lipinski definition) is 3. The van der Waals surface area contributed by atoms with Crippen LogP contribution in [0.1, 0.15) is 13.8 Å². The Labute approximate surface area is 128 Å². The quantitative estimate of drug-likeness (QED) is 0.773. The SMILES string of the molecule is CC(N)C(C)C(=O)NCCOc1ccc(Br)cc1.Cl. The Morgan fingerprint density at radius 1 is 1.37 bits per heavy atom. The van der Waals surface area contributed by atoms with Crippen molar-refractivity contribution < 1.29 is 9.53 Å². The van der Waals surface area contributed by atoms with Gasteiger partial charge in [0.15, 0.2) is 0 Å². The Morgan fingerprint density at radius 2 is 1.95 bits per heavy atom. The first-order valence-electron chi connectivity index (χ1n) is 5.92. The molecule has 19 heavy (non-hydrogen) atoms. The maximum atomic E-state index is 11.6. The lowest BCUT2D eigenvalue weighted by Crippen LogP contribution is -2.40. The van der Waals surface area contributed by atoms with E-state index in [2.05, 4.69) is 21.2 Å². The molecule has 0 heterocycles. The van der Waals surface area contributed by atoms with Crippen molar-refractivity contribution in [3.63, 3.8) is 0 Å². The molecule has 2 unspecified atom stereocenters. The fraction of sp³-hybridized carbons (Fsp3) is 0.462. The molecule has 0 spiro atoms. The predicted molar refractivity (Wildman–Crippen MR) is 82.7 cm³/mol. The van der Waals surface area contributed by atoms with Gasteiger partial charge in [-0.2, -0.15) is 0 Å². The summed E-state index contributed by atoms with van der Waals surface area (Å²) in [4.78, 5) is 11.6. The summed E-state index contributed by atoms with van der Waals surface area (Å²) in [5.74, 6) is 0.565. The molecular weight excluding hydrogens is 332 g/mol. The number of carbonyl (C=O) groups is 1. The molecule has 2 atom stereocenters. The van der Waals surface area contributed by atoms with Crippen molar-refractivity contribution in [2.75, 3.05) is 13.2 Å². The van der Waals surface area contributed by atoms with Crippen molar-refractivity contribution in [3.05, 3.63) is 28.7 Å². The largest absolute Gasteiger partial charge is 0.492 e. The lowest BCUT2D eigenvalue weighted by molar-refractivity contribution is -0.125. The second-order valence-corrected chi connectivity index (χ2v) is 5.16. The predicted octanol–water partition coefficient (Wildman–Crippen LogP) is 2.35. The van der Waals surface area contributed by atoms with Crippen molar-refractivity contribution >= 4 is 34.2 Å². The lowest BCUT2D eigenvalue weighted by Gasteiger charge is -2.15. The second-order valence-electron chi connectivity index (χ2n) is 4.24. The molecule has 0 aliphatic heterocycles. The Bertz CT molecular complexity index is 385. The maximum Gasteiger partial charge on any atom is 0.224 e. The van der Waals surface area contributed by atoms with Crippen LogP contribution in [0.15, 0.2) is 28.7 Å². The molecular formula is C13H20BrClN2O2. The van der Waals surface area contributed by atoms with Gasteiger partial charge in [-0.25, -0.2) is 0 Å². The average molecular weight is 352 g/mol. The van der Waals surface area contributed by atoms with Gasteiger partial charge in [0, 0.05) is 16.4 Å². The number of carbonyl (C=O) groups excluding carboxylic acids is 1. The summed E-state index contributed by atoms with van der Waals surface area (Å²) >= 11 is 3.35. The van der Waals surface area contributed by atoms with Crippen molar-refractivity contribution in [1.82, 2.24) is 5.32 Å². The molecule has 108 valence electrons. The van der Waals surface area contributed by atoms with E-state index >= 15 is 0 Å².